The minimum Gasteiger partial charge on any atom is -0.490 e. The molecule has 5 heteroatoms. The van der Waals surface area contributed by atoms with E-state index in [1.54, 1.807) is 6.92 Å². The molecular formula is C14H15NO4. The van der Waals surface area contributed by atoms with Gasteiger partial charge in [-0.2, -0.15) is 0 Å². The zero-order chi connectivity index (χ0) is 13.2. The van der Waals surface area contributed by atoms with Gasteiger partial charge in [0, 0.05) is 17.5 Å². The van der Waals surface area contributed by atoms with Crippen molar-refractivity contribution in [2.75, 3.05) is 13.2 Å². The third kappa shape index (κ3) is 2.17. The molecule has 5 nitrogen and oxygen atoms in total. The highest BCUT2D eigenvalue weighted by Gasteiger charge is 2.17. The van der Waals surface area contributed by atoms with Gasteiger partial charge in [0.2, 0.25) is 0 Å². The molecule has 0 saturated carbocycles. The molecule has 0 atom stereocenters. The Morgan fingerprint density at radius 3 is 2.79 bits per heavy atom. The molecule has 1 aromatic carbocycles. The number of aryl methyl sites for hydroxylation is 1. The maximum Gasteiger partial charge on any atom is 0.161 e. The van der Waals surface area contributed by atoms with Gasteiger partial charge in [0.05, 0.1) is 19.8 Å². The average molecular weight is 261 g/mol. The Morgan fingerprint density at radius 2 is 2.00 bits per heavy atom. The van der Waals surface area contributed by atoms with Crippen molar-refractivity contribution in [3.63, 3.8) is 0 Å². The molecule has 1 aliphatic heterocycles. The van der Waals surface area contributed by atoms with E-state index in [1.807, 2.05) is 18.2 Å². The summed E-state index contributed by atoms with van der Waals surface area (Å²) in [5.41, 5.74) is 2.20. The summed E-state index contributed by atoms with van der Waals surface area (Å²) in [6.45, 7) is 2.99. The number of aliphatic hydroxyl groups is 1. The molecule has 0 amide bonds. The van der Waals surface area contributed by atoms with E-state index in [0.29, 0.717) is 36.0 Å². The SMILES string of the molecule is Cc1onc(-c2ccc3c(c2)OCCCO3)c1CO. The zero-order valence-corrected chi connectivity index (χ0v) is 10.7. The molecule has 19 heavy (non-hydrogen) atoms. The Labute approximate surface area is 110 Å². The van der Waals surface area contributed by atoms with Gasteiger partial charge in [-0.15, -0.1) is 0 Å². The fraction of sp³-hybridized carbons (Fsp3) is 0.357. The van der Waals surface area contributed by atoms with Crippen LogP contribution >= 0.6 is 0 Å². The van der Waals surface area contributed by atoms with Gasteiger partial charge in [0.25, 0.3) is 0 Å². The summed E-state index contributed by atoms with van der Waals surface area (Å²) in [6.07, 6.45) is 0.870. The molecule has 1 aromatic heterocycles. The number of ether oxygens (including phenoxy) is 2. The van der Waals surface area contributed by atoms with Gasteiger partial charge >= 0.3 is 0 Å². The first kappa shape index (κ1) is 12.0. The van der Waals surface area contributed by atoms with Crippen LogP contribution in [0.1, 0.15) is 17.7 Å². The minimum absolute atomic E-state index is 0.0981. The fourth-order valence-corrected chi connectivity index (χ4v) is 2.11. The lowest BCUT2D eigenvalue weighted by Crippen LogP contribution is -1.97. The second-order valence-corrected chi connectivity index (χ2v) is 4.44. The third-order valence-corrected chi connectivity index (χ3v) is 3.16. The highest BCUT2D eigenvalue weighted by Crippen LogP contribution is 2.35. The number of hydrogen-bond donors (Lipinski definition) is 1. The number of hydrogen-bond acceptors (Lipinski definition) is 5. The van der Waals surface area contributed by atoms with Gasteiger partial charge in [-0.1, -0.05) is 5.16 Å². The summed E-state index contributed by atoms with van der Waals surface area (Å²) in [4.78, 5) is 0. The maximum absolute atomic E-state index is 9.38. The second-order valence-electron chi connectivity index (χ2n) is 4.44. The summed E-state index contributed by atoms with van der Waals surface area (Å²) >= 11 is 0. The second kappa shape index (κ2) is 4.93. The third-order valence-electron chi connectivity index (χ3n) is 3.16. The van der Waals surface area contributed by atoms with Crippen LogP contribution in [0.4, 0.5) is 0 Å². The minimum atomic E-state index is -0.0981. The lowest BCUT2D eigenvalue weighted by molar-refractivity contribution is 0.278. The first-order chi connectivity index (χ1) is 9.29. The van der Waals surface area contributed by atoms with Crippen molar-refractivity contribution < 1.29 is 19.1 Å². The van der Waals surface area contributed by atoms with Crippen LogP contribution in [-0.4, -0.2) is 23.5 Å². The average Bonchev–Trinajstić information content (AvgIpc) is 2.66. The molecule has 1 aliphatic rings. The monoisotopic (exact) mass is 261 g/mol. The number of nitrogens with zero attached hydrogens (tertiary/aromatic N) is 1. The number of benzene rings is 1. The van der Waals surface area contributed by atoms with Crippen molar-refractivity contribution in [3.8, 4) is 22.8 Å². The van der Waals surface area contributed by atoms with Gasteiger partial charge in [-0.25, -0.2) is 0 Å². The molecule has 0 unspecified atom stereocenters. The topological polar surface area (TPSA) is 64.7 Å². The standard InChI is InChI=1S/C14H15NO4/c1-9-11(8-16)14(15-19-9)10-3-4-12-13(7-10)18-6-2-5-17-12/h3-4,7,16H,2,5-6,8H2,1H3. The molecule has 0 bridgehead atoms. The van der Waals surface area contributed by atoms with Crippen LogP contribution in [-0.2, 0) is 6.61 Å². The Balaban J connectivity index is 2.03. The smallest absolute Gasteiger partial charge is 0.161 e. The van der Waals surface area contributed by atoms with Crippen LogP contribution in [0.15, 0.2) is 22.7 Å². The van der Waals surface area contributed by atoms with Crippen molar-refractivity contribution in [1.29, 1.82) is 0 Å². The van der Waals surface area contributed by atoms with E-state index in [9.17, 15) is 5.11 Å². The number of rotatable bonds is 2. The summed E-state index contributed by atoms with van der Waals surface area (Å²) in [6, 6.07) is 5.63. The van der Waals surface area contributed by atoms with E-state index < -0.39 is 0 Å². The zero-order valence-electron chi connectivity index (χ0n) is 10.7. The fourth-order valence-electron chi connectivity index (χ4n) is 2.11. The van der Waals surface area contributed by atoms with E-state index in [1.165, 1.54) is 0 Å². The van der Waals surface area contributed by atoms with Crippen LogP contribution in [0.2, 0.25) is 0 Å². The quantitative estimate of drug-likeness (QED) is 0.898. The van der Waals surface area contributed by atoms with Crippen molar-refractivity contribution in [2.45, 2.75) is 20.0 Å². The molecule has 0 saturated heterocycles. The lowest BCUT2D eigenvalue weighted by Gasteiger charge is -2.08. The number of fused-ring (bicyclic) bond motifs is 1. The molecular weight excluding hydrogens is 246 g/mol. The van der Waals surface area contributed by atoms with E-state index in [4.69, 9.17) is 14.0 Å². The molecule has 0 fully saturated rings. The van der Waals surface area contributed by atoms with Gasteiger partial charge in [0.1, 0.15) is 11.5 Å². The van der Waals surface area contributed by atoms with Gasteiger partial charge in [-0.3, -0.25) is 0 Å². The van der Waals surface area contributed by atoms with Crippen LogP contribution in [0.5, 0.6) is 11.5 Å². The Hall–Kier alpha value is -2.01. The molecule has 1 N–H and O–H groups in total. The van der Waals surface area contributed by atoms with Crippen molar-refractivity contribution in [1.82, 2.24) is 5.16 Å². The number of aromatic nitrogens is 1. The Morgan fingerprint density at radius 1 is 1.21 bits per heavy atom. The predicted molar refractivity (Wildman–Crippen MR) is 68.2 cm³/mol. The van der Waals surface area contributed by atoms with Crippen molar-refractivity contribution in [3.05, 3.63) is 29.5 Å². The lowest BCUT2D eigenvalue weighted by atomic mass is 10.1. The van der Waals surface area contributed by atoms with E-state index in [0.717, 1.165) is 17.7 Å². The summed E-state index contributed by atoms with van der Waals surface area (Å²) in [5.74, 6) is 2.08. The summed E-state index contributed by atoms with van der Waals surface area (Å²) in [7, 11) is 0. The maximum atomic E-state index is 9.38. The first-order valence-electron chi connectivity index (χ1n) is 6.25. The van der Waals surface area contributed by atoms with Gasteiger partial charge < -0.3 is 19.1 Å². The highest BCUT2D eigenvalue weighted by atomic mass is 16.5. The molecule has 2 heterocycles. The van der Waals surface area contributed by atoms with Gasteiger partial charge in [0.15, 0.2) is 11.5 Å². The van der Waals surface area contributed by atoms with E-state index >= 15 is 0 Å². The molecule has 0 aliphatic carbocycles. The van der Waals surface area contributed by atoms with Crippen LogP contribution in [0.25, 0.3) is 11.3 Å². The van der Waals surface area contributed by atoms with Crippen LogP contribution in [0.3, 0.4) is 0 Å². The summed E-state index contributed by atoms with van der Waals surface area (Å²) in [5, 5.41) is 13.4. The van der Waals surface area contributed by atoms with Crippen molar-refractivity contribution >= 4 is 0 Å². The largest absolute Gasteiger partial charge is 0.490 e. The summed E-state index contributed by atoms with van der Waals surface area (Å²) < 4.78 is 16.4. The normalized spacial score (nSPS) is 14.2. The van der Waals surface area contributed by atoms with Crippen molar-refractivity contribution in [2.24, 2.45) is 0 Å². The first-order valence-corrected chi connectivity index (χ1v) is 6.25. The van der Waals surface area contributed by atoms with E-state index in [-0.39, 0.29) is 6.61 Å². The predicted octanol–water partition coefficient (Wildman–Crippen LogP) is 2.30. The molecule has 2 aromatic rings. The molecule has 0 radical (unpaired) electrons. The van der Waals surface area contributed by atoms with E-state index in [2.05, 4.69) is 5.16 Å². The Kier molecular flexibility index (Phi) is 3.13. The molecule has 3 rings (SSSR count). The van der Waals surface area contributed by atoms with Crippen LogP contribution in [0, 0.1) is 6.92 Å². The van der Waals surface area contributed by atoms with Gasteiger partial charge in [-0.05, 0) is 25.1 Å². The Bertz CT molecular complexity index is 591. The number of aliphatic hydroxyl groups excluding tert-OH is 1. The molecule has 100 valence electrons. The highest BCUT2D eigenvalue weighted by molar-refractivity contribution is 5.67. The molecule has 0 spiro atoms. The van der Waals surface area contributed by atoms with Crippen LogP contribution < -0.4 is 9.47 Å².